The van der Waals surface area contributed by atoms with Crippen LogP contribution in [-0.4, -0.2) is 53.5 Å². The number of aliphatic hydroxyl groups excluding tert-OH is 1. The number of benzene rings is 3. The Labute approximate surface area is 205 Å². The molecule has 0 aliphatic carbocycles. The van der Waals surface area contributed by atoms with Crippen LogP contribution in [0.1, 0.15) is 30.5 Å². The van der Waals surface area contributed by atoms with Crippen molar-refractivity contribution < 1.29 is 5.11 Å². The maximum Gasteiger partial charge on any atom is 0.132 e. The topological polar surface area (TPSA) is 53.7 Å². The highest BCUT2D eigenvalue weighted by Crippen LogP contribution is 2.40. The maximum absolute atomic E-state index is 10.6. The summed E-state index contributed by atoms with van der Waals surface area (Å²) in [6.07, 6.45) is 0. The van der Waals surface area contributed by atoms with Crippen molar-refractivity contribution in [1.29, 1.82) is 5.26 Å². The summed E-state index contributed by atoms with van der Waals surface area (Å²) in [7, 11) is 9.98. The van der Waals surface area contributed by atoms with Gasteiger partial charge >= 0.3 is 0 Å². The first kappa shape index (κ1) is 26.8. The fourth-order valence-corrected chi connectivity index (χ4v) is 3.96. The van der Waals surface area contributed by atoms with Gasteiger partial charge in [-0.3, -0.25) is 0 Å². The van der Waals surface area contributed by atoms with Crippen LogP contribution in [0.25, 0.3) is 0 Å². The second-order valence-corrected chi connectivity index (χ2v) is 8.44. The third-order valence-corrected chi connectivity index (χ3v) is 5.98. The molecule has 0 saturated carbocycles. The molecule has 0 unspecified atom stereocenters. The SMILES string of the molecule is CC.CN(C)c1ccc(C(C#N)(c2ccc(N(C)C)cc2)c2ccc(N(C)CCO)cc2)cc1. The van der Waals surface area contributed by atoms with Gasteiger partial charge in [-0.05, 0) is 53.1 Å². The zero-order chi connectivity index (χ0) is 25.3. The second-order valence-electron chi connectivity index (χ2n) is 8.44. The molecule has 5 nitrogen and oxygen atoms in total. The first-order valence-corrected chi connectivity index (χ1v) is 11.7. The van der Waals surface area contributed by atoms with Gasteiger partial charge in [-0.15, -0.1) is 0 Å². The predicted octanol–water partition coefficient (Wildman–Crippen LogP) is 5.13. The molecule has 5 heteroatoms. The number of likely N-dealkylation sites (N-methyl/N-ethyl adjacent to an activating group) is 1. The van der Waals surface area contributed by atoms with Crippen molar-refractivity contribution in [2.45, 2.75) is 19.3 Å². The summed E-state index contributed by atoms with van der Waals surface area (Å²) in [6, 6.07) is 27.1. The van der Waals surface area contributed by atoms with Gasteiger partial charge in [0, 0.05) is 58.8 Å². The Morgan fingerprint density at radius 1 is 0.647 bits per heavy atom. The summed E-state index contributed by atoms with van der Waals surface area (Å²) >= 11 is 0. The Morgan fingerprint density at radius 2 is 0.971 bits per heavy atom. The van der Waals surface area contributed by atoms with E-state index < -0.39 is 5.41 Å². The van der Waals surface area contributed by atoms with Crippen LogP contribution in [0.4, 0.5) is 17.1 Å². The average molecular weight is 459 g/mol. The lowest BCUT2D eigenvalue weighted by atomic mass is 9.70. The fraction of sp³-hybridized carbons (Fsp3) is 0.345. The van der Waals surface area contributed by atoms with Gasteiger partial charge in [0.1, 0.15) is 5.41 Å². The van der Waals surface area contributed by atoms with Gasteiger partial charge in [-0.25, -0.2) is 0 Å². The highest BCUT2D eigenvalue weighted by atomic mass is 16.3. The van der Waals surface area contributed by atoms with Gasteiger partial charge < -0.3 is 19.8 Å². The molecule has 3 rings (SSSR count). The first-order valence-electron chi connectivity index (χ1n) is 11.7. The van der Waals surface area contributed by atoms with Gasteiger partial charge in [0.15, 0.2) is 0 Å². The molecule has 0 fully saturated rings. The van der Waals surface area contributed by atoms with Crippen LogP contribution in [0.15, 0.2) is 72.8 Å². The molecular weight excluding hydrogens is 420 g/mol. The van der Waals surface area contributed by atoms with E-state index in [1.54, 1.807) is 0 Å². The molecule has 3 aromatic carbocycles. The van der Waals surface area contributed by atoms with Crippen LogP contribution < -0.4 is 14.7 Å². The number of anilines is 3. The van der Waals surface area contributed by atoms with Crippen molar-refractivity contribution in [3.05, 3.63) is 89.5 Å². The minimum Gasteiger partial charge on any atom is -0.395 e. The molecule has 180 valence electrons. The van der Waals surface area contributed by atoms with Crippen molar-refractivity contribution in [3.63, 3.8) is 0 Å². The molecule has 1 N–H and O–H groups in total. The lowest BCUT2D eigenvalue weighted by Gasteiger charge is -2.30. The Bertz CT molecular complexity index is 998. The van der Waals surface area contributed by atoms with E-state index in [0.29, 0.717) is 6.54 Å². The number of aliphatic hydroxyl groups is 1. The van der Waals surface area contributed by atoms with Crippen LogP contribution in [0.2, 0.25) is 0 Å². The van der Waals surface area contributed by atoms with E-state index in [1.807, 2.05) is 103 Å². The van der Waals surface area contributed by atoms with Crippen LogP contribution in [-0.2, 0) is 5.41 Å². The first-order chi connectivity index (χ1) is 16.3. The summed E-state index contributed by atoms with van der Waals surface area (Å²) in [5.41, 5.74) is 5.01. The molecule has 0 amide bonds. The molecule has 0 bridgehead atoms. The molecule has 0 radical (unpaired) electrons. The summed E-state index contributed by atoms with van der Waals surface area (Å²) in [5, 5.41) is 19.9. The van der Waals surface area contributed by atoms with Crippen molar-refractivity contribution in [1.82, 2.24) is 0 Å². The largest absolute Gasteiger partial charge is 0.395 e. The van der Waals surface area contributed by atoms with Crippen LogP contribution >= 0.6 is 0 Å². The molecule has 34 heavy (non-hydrogen) atoms. The Hall–Kier alpha value is -3.49. The second kappa shape index (κ2) is 12.1. The molecule has 0 atom stereocenters. The van der Waals surface area contributed by atoms with E-state index in [0.717, 1.165) is 33.8 Å². The van der Waals surface area contributed by atoms with E-state index in [1.165, 1.54) is 0 Å². The number of hydrogen-bond acceptors (Lipinski definition) is 5. The molecule has 0 aliphatic heterocycles. The molecule has 0 heterocycles. The smallest absolute Gasteiger partial charge is 0.132 e. The van der Waals surface area contributed by atoms with E-state index >= 15 is 0 Å². The predicted molar refractivity (Wildman–Crippen MR) is 145 cm³/mol. The highest BCUT2D eigenvalue weighted by Gasteiger charge is 2.37. The summed E-state index contributed by atoms with van der Waals surface area (Å²) in [5.74, 6) is 0. The van der Waals surface area contributed by atoms with Gasteiger partial charge in [-0.2, -0.15) is 5.26 Å². The minimum atomic E-state index is -0.941. The quantitative estimate of drug-likeness (QED) is 0.474. The molecule has 0 spiro atoms. The molecule has 3 aromatic rings. The van der Waals surface area contributed by atoms with Crippen LogP contribution in [0.3, 0.4) is 0 Å². The van der Waals surface area contributed by atoms with Crippen molar-refractivity contribution in [3.8, 4) is 6.07 Å². The Balaban J connectivity index is 0.00000199. The lowest BCUT2D eigenvalue weighted by Crippen LogP contribution is -2.28. The fourth-order valence-electron chi connectivity index (χ4n) is 3.96. The van der Waals surface area contributed by atoms with Crippen molar-refractivity contribution in [2.24, 2.45) is 0 Å². The zero-order valence-electron chi connectivity index (χ0n) is 21.6. The van der Waals surface area contributed by atoms with Gasteiger partial charge in [0.2, 0.25) is 0 Å². The highest BCUT2D eigenvalue weighted by molar-refractivity contribution is 5.62. The monoisotopic (exact) mass is 458 g/mol. The van der Waals surface area contributed by atoms with Crippen LogP contribution in [0, 0.1) is 11.3 Å². The maximum atomic E-state index is 10.6. The van der Waals surface area contributed by atoms with Gasteiger partial charge in [0.25, 0.3) is 0 Å². The lowest BCUT2D eigenvalue weighted by molar-refractivity contribution is 0.304. The third-order valence-electron chi connectivity index (χ3n) is 5.98. The number of nitriles is 1. The van der Waals surface area contributed by atoms with E-state index in [-0.39, 0.29) is 6.61 Å². The number of rotatable bonds is 8. The van der Waals surface area contributed by atoms with Crippen molar-refractivity contribution >= 4 is 17.1 Å². The minimum absolute atomic E-state index is 0.0941. The normalized spacial score (nSPS) is 10.6. The molecule has 0 aromatic heterocycles. The molecule has 0 aliphatic rings. The van der Waals surface area contributed by atoms with E-state index in [4.69, 9.17) is 0 Å². The average Bonchev–Trinajstić information content (AvgIpc) is 2.87. The summed E-state index contributed by atoms with van der Waals surface area (Å²) in [4.78, 5) is 6.10. The molecule has 0 saturated heterocycles. The number of nitrogens with zero attached hydrogens (tertiary/aromatic N) is 4. The number of hydrogen-bond donors (Lipinski definition) is 1. The van der Waals surface area contributed by atoms with Gasteiger partial charge in [-0.1, -0.05) is 50.2 Å². The summed E-state index contributed by atoms with van der Waals surface area (Å²) in [6.45, 7) is 4.65. The zero-order valence-corrected chi connectivity index (χ0v) is 21.6. The van der Waals surface area contributed by atoms with E-state index in [2.05, 4.69) is 40.1 Å². The Morgan fingerprint density at radius 3 is 1.24 bits per heavy atom. The van der Waals surface area contributed by atoms with Crippen LogP contribution in [0.5, 0.6) is 0 Å². The van der Waals surface area contributed by atoms with Gasteiger partial charge in [0.05, 0.1) is 12.7 Å². The molecular formula is C29H38N4O. The third kappa shape index (κ3) is 5.52. The van der Waals surface area contributed by atoms with E-state index in [9.17, 15) is 10.4 Å². The standard InChI is InChI=1S/C27H32N4O.C2H6/c1-29(2)24-12-6-21(7-13-24)27(20-28,22-8-14-25(15-9-22)30(3)4)23-10-16-26(17-11-23)31(5)18-19-32;1-2/h6-17,32H,18-19H2,1-5H3;1-2H3. The van der Waals surface area contributed by atoms with Crippen molar-refractivity contribution in [2.75, 3.05) is 63.1 Å². The Kier molecular flexibility index (Phi) is 9.53. The summed E-state index contributed by atoms with van der Waals surface area (Å²) < 4.78 is 0.